The molecule has 0 aromatic heterocycles. The van der Waals surface area contributed by atoms with Crippen LogP contribution in [0.1, 0.15) is 0 Å². The van der Waals surface area contributed by atoms with E-state index in [9.17, 15) is 21.6 Å². The van der Waals surface area contributed by atoms with Gasteiger partial charge in [0.15, 0.2) is 5.25 Å². The molecule has 1 N–H and O–H groups in total. The summed E-state index contributed by atoms with van der Waals surface area (Å²) >= 11 is 0. The number of rotatable bonds is 2. The zero-order valence-corrected chi connectivity index (χ0v) is 7.69. The van der Waals surface area contributed by atoms with Gasteiger partial charge < -0.3 is 5.32 Å². The third-order valence-corrected chi connectivity index (χ3v) is 3.83. The van der Waals surface area contributed by atoms with Gasteiger partial charge in [0, 0.05) is 19.0 Å². The molecule has 0 amide bonds. The number of hydrogen-bond acceptors (Lipinski definition) is 4. The Morgan fingerprint density at radius 1 is 1.43 bits per heavy atom. The molecule has 1 heterocycles. The van der Waals surface area contributed by atoms with Crippen molar-refractivity contribution in [2.24, 2.45) is 5.92 Å². The van der Waals surface area contributed by atoms with Gasteiger partial charge in [-0.1, -0.05) is 0 Å². The van der Waals surface area contributed by atoms with Crippen LogP contribution in [0, 0.1) is 17.2 Å². The lowest BCUT2D eigenvalue weighted by molar-refractivity contribution is -0.0446. The molecule has 1 fully saturated rings. The Kier molecular flexibility index (Phi) is 2.74. The van der Waals surface area contributed by atoms with Gasteiger partial charge in [0.25, 0.3) is 9.84 Å². The molecule has 0 spiro atoms. The molecule has 0 bridgehead atoms. The van der Waals surface area contributed by atoms with Gasteiger partial charge in [0.1, 0.15) is 0 Å². The van der Waals surface area contributed by atoms with E-state index in [4.69, 9.17) is 5.26 Å². The normalized spacial score (nSPS) is 21.0. The highest BCUT2D eigenvalue weighted by molar-refractivity contribution is 7.93. The van der Waals surface area contributed by atoms with Gasteiger partial charge in [-0.15, -0.1) is 0 Å². The topological polar surface area (TPSA) is 70.0 Å². The smallest absolute Gasteiger partial charge is 0.316 e. The maximum atomic E-state index is 12.0. The Morgan fingerprint density at radius 2 is 1.93 bits per heavy atom. The van der Waals surface area contributed by atoms with Crippen LogP contribution in [-0.2, 0) is 9.84 Å². The van der Waals surface area contributed by atoms with Crippen LogP contribution in [0.5, 0.6) is 0 Å². The van der Waals surface area contributed by atoms with E-state index in [2.05, 4.69) is 5.32 Å². The standard InChI is InChI=1S/C6H7F3N2O2S/c7-6(8,9)14(12,13)5(1-10)4-2-11-3-4/h4-5,11H,2-3H2. The van der Waals surface area contributed by atoms with E-state index in [0.717, 1.165) is 0 Å². The molecule has 1 atom stereocenters. The number of alkyl halides is 3. The average molecular weight is 228 g/mol. The predicted octanol–water partition coefficient (Wildman–Crippen LogP) is 0.0326. The predicted molar refractivity (Wildman–Crippen MR) is 40.7 cm³/mol. The highest BCUT2D eigenvalue weighted by Gasteiger charge is 2.54. The molecular formula is C6H7F3N2O2S. The number of nitriles is 1. The van der Waals surface area contributed by atoms with Crippen LogP contribution in [0.2, 0.25) is 0 Å². The van der Waals surface area contributed by atoms with Crippen molar-refractivity contribution in [3.05, 3.63) is 0 Å². The largest absolute Gasteiger partial charge is 0.498 e. The highest BCUT2D eigenvalue weighted by atomic mass is 32.2. The van der Waals surface area contributed by atoms with Crippen molar-refractivity contribution in [1.82, 2.24) is 5.32 Å². The summed E-state index contributed by atoms with van der Waals surface area (Å²) in [6.07, 6.45) is 0. The van der Waals surface area contributed by atoms with E-state index in [-0.39, 0.29) is 13.1 Å². The summed E-state index contributed by atoms with van der Waals surface area (Å²) in [6, 6.07) is 1.20. The quantitative estimate of drug-likeness (QED) is 0.724. The van der Waals surface area contributed by atoms with Crippen LogP contribution >= 0.6 is 0 Å². The first-order chi connectivity index (χ1) is 6.30. The second kappa shape index (κ2) is 3.40. The summed E-state index contributed by atoms with van der Waals surface area (Å²) in [6.45, 7) is 0.265. The zero-order valence-electron chi connectivity index (χ0n) is 6.87. The fourth-order valence-electron chi connectivity index (χ4n) is 1.10. The number of halogens is 3. The third kappa shape index (κ3) is 1.69. The molecule has 14 heavy (non-hydrogen) atoms. The minimum atomic E-state index is -5.35. The van der Waals surface area contributed by atoms with Crippen molar-refractivity contribution in [2.75, 3.05) is 13.1 Å². The molecule has 0 aromatic carbocycles. The van der Waals surface area contributed by atoms with E-state index in [1.54, 1.807) is 0 Å². The number of nitrogens with zero attached hydrogens (tertiary/aromatic N) is 1. The van der Waals surface area contributed by atoms with Gasteiger partial charge in [-0.3, -0.25) is 0 Å². The highest BCUT2D eigenvalue weighted by Crippen LogP contribution is 2.31. The lowest BCUT2D eigenvalue weighted by Gasteiger charge is -2.30. The van der Waals surface area contributed by atoms with E-state index < -0.39 is 26.5 Å². The monoisotopic (exact) mass is 228 g/mol. The number of nitrogens with one attached hydrogen (secondary N) is 1. The maximum Gasteiger partial charge on any atom is 0.498 e. The Hall–Kier alpha value is -0.810. The minimum absolute atomic E-state index is 0.132. The minimum Gasteiger partial charge on any atom is -0.316 e. The Bertz CT molecular complexity index is 352. The van der Waals surface area contributed by atoms with E-state index >= 15 is 0 Å². The molecule has 0 aromatic rings. The zero-order chi connectivity index (χ0) is 11.0. The van der Waals surface area contributed by atoms with Crippen molar-refractivity contribution < 1.29 is 21.6 Å². The van der Waals surface area contributed by atoms with Crippen LogP contribution in [0.3, 0.4) is 0 Å². The molecule has 1 aliphatic heterocycles. The summed E-state index contributed by atoms with van der Waals surface area (Å²) in [5.41, 5.74) is -5.34. The third-order valence-electron chi connectivity index (χ3n) is 2.03. The van der Waals surface area contributed by atoms with Gasteiger partial charge in [-0.25, -0.2) is 8.42 Å². The fourth-order valence-corrected chi connectivity index (χ4v) is 2.22. The second-order valence-corrected chi connectivity index (χ2v) is 5.02. The van der Waals surface area contributed by atoms with Crippen molar-refractivity contribution in [3.63, 3.8) is 0 Å². The summed E-state index contributed by atoms with van der Waals surface area (Å²) in [5.74, 6) is -0.758. The van der Waals surface area contributed by atoms with E-state index in [0.29, 0.717) is 0 Å². The molecule has 8 heteroatoms. The van der Waals surface area contributed by atoms with Crippen LogP contribution in [0.25, 0.3) is 0 Å². The van der Waals surface area contributed by atoms with Crippen molar-refractivity contribution in [3.8, 4) is 6.07 Å². The van der Waals surface area contributed by atoms with Crippen LogP contribution in [-0.4, -0.2) is 32.3 Å². The number of hydrogen-bond donors (Lipinski definition) is 1. The van der Waals surface area contributed by atoms with Crippen molar-refractivity contribution in [1.29, 1.82) is 5.26 Å². The molecule has 80 valence electrons. The van der Waals surface area contributed by atoms with Crippen molar-refractivity contribution >= 4 is 9.84 Å². The molecule has 0 radical (unpaired) electrons. The molecule has 1 rings (SSSR count). The Labute approximate surface area is 78.6 Å². The van der Waals surface area contributed by atoms with Crippen molar-refractivity contribution in [2.45, 2.75) is 10.8 Å². The lowest BCUT2D eigenvalue weighted by atomic mass is 10.00. The number of sulfone groups is 1. The van der Waals surface area contributed by atoms with Gasteiger partial charge in [0.2, 0.25) is 0 Å². The first-order valence-electron chi connectivity index (χ1n) is 3.71. The summed E-state index contributed by atoms with van der Waals surface area (Å²) in [7, 11) is -5.35. The molecule has 1 unspecified atom stereocenters. The molecular weight excluding hydrogens is 221 g/mol. The summed E-state index contributed by atoms with van der Waals surface area (Å²) in [4.78, 5) is 0. The molecule has 1 aliphatic rings. The van der Waals surface area contributed by atoms with Gasteiger partial charge in [-0.2, -0.15) is 18.4 Å². The molecule has 1 saturated heterocycles. The van der Waals surface area contributed by atoms with Gasteiger partial charge in [-0.05, 0) is 0 Å². The fraction of sp³-hybridized carbons (Fsp3) is 0.833. The van der Waals surface area contributed by atoms with Crippen LogP contribution in [0.15, 0.2) is 0 Å². The van der Waals surface area contributed by atoms with E-state index in [1.807, 2.05) is 0 Å². The summed E-state index contributed by atoms with van der Waals surface area (Å²) < 4.78 is 57.8. The maximum absolute atomic E-state index is 12.0. The first-order valence-corrected chi connectivity index (χ1v) is 5.26. The lowest BCUT2D eigenvalue weighted by Crippen LogP contribution is -2.52. The van der Waals surface area contributed by atoms with Crippen LogP contribution < -0.4 is 5.32 Å². The molecule has 0 saturated carbocycles. The first kappa shape index (κ1) is 11.3. The SMILES string of the molecule is N#CC(C1CNC1)S(=O)(=O)C(F)(F)F. The van der Waals surface area contributed by atoms with Crippen LogP contribution in [0.4, 0.5) is 13.2 Å². The van der Waals surface area contributed by atoms with Gasteiger partial charge in [0.05, 0.1) is 6.07 Å². The Balaban J connectivity index is 2.95. The van der Waals surface area contributed by atoms with E-state index in [1.165, 1.54) is 6.07 Å². The Morgan fingerprint density at radius 3 is 2.14 bits per heavy atom. The average Bonchev–Trinajstić information content (AvgIpc) is 1.93. The summed E-state index contributed by atoms with van der Waals surface area (Å²) in [5, 5.41) is 9.04. The second-order valence-electron chi connectivity index (χ2n) is 2.96. The van der Waals surface area contributed by atoms with Gasteiger partial charge >= 0.3 is 5.51 Å². The molecule has 4 nitrogen and oxygen atoms in total. The molecule has 0 aliphatic carbocycles.